The predicted octanol–water partition coefficient (Wildman–Crippen LogP) is 9.17. The van der Waals surface area contributed by atoms with Gasteiger partial charge in [-0.2, -0.15) is 0 Å². The highest BCUT2D eigenvalue weighted by Crippen LogP contribution is 2.54. The van der Waals surface area contributed by atoms with Crippen LogP contribution in [0.25, 0.3) is 0 Å². The van der Waals surface area contributed by atoms with E-state index in [2.05, 4.69) is 121 Å². The molecule has 4 aromatic carbocycles. The van der Waals surface area contributed by atoms with Gasteiger partial charge in [0.25, 0.3) is 11.8 Å². The second kappa shape index (κ2) is 12.7. The van der Waals surface area contributed by atoms with Crippen molar-refractivity contribution in [2.24, 2.45) is 11.8 Å². The summed E-state index contributed by atoms with van der Waals surface area (Å²) in [7, 11) is 3.82. The molecule has 2 heterocycles. The Hall–Kier alpha value is -4.70. The summed E-state index contributed by atoms with van der Waals surface area (Å²) in [4.78, 5) is 32.6. The van der Waals surface area contributed by atoms with Gasteiger partial charge in [-0.25, -0.2) is 0 Å². The standard InChI is InChI=1S/C44H44N2O2/c1-45-41(37-25-33(29-15-7-3-8-16-29)23-34(26-37)30-17-9-4-10-18-30)39-40(43(45)47)42(46(2)44(39)48)38-27-35(31-19-11-5-12-20-31)24-36(28-38)32-21-13-6-14-22-32/h3-22,33-38H,23-28H2,1-2H3. The minimum absolute atomic E-state index is 0.0103. The lowest BCUT2D eigenvalue weighted by Gasteiger charge is -2.39. The van der Waals surface area contributed by atoms with E-state index < -0.39 is 0 Å². The van der Waals surface area contributed by atoms with E-state index >= 15 is 0 Å². The first-order valence-corrected chi connectivity index (χ1v) is 17.7. The van der Waals surface area contributed by atoms with Crippen molar-refractivity contribution in [3.63, 3.8) is 0 Å². The summed E-state index contributed by atoms with van der Waals surface area (Å²) in [5, 5.41) is 0. The molecule has 8 rings (SSSR count). The summed E-state index contributed by atoms with van der Waals surface area (Å²) in [5.41, 5.74) is 8.59. The number of hydrogen-bond acceptors (Lipinski definition) is 2. The molecule has 2 aliphatic heterocycles. The Labute approximate surface area is 284 Å². The molecule has 4 heteroatoms. The van der Waals surface area contributed by atoms with E-state index in [-0.39, 0.29) is 23.7 Å². The normalized spacial score (nSPS) is 27.5. The number of amides is 2. The molecule has 2 fully saturated rings. The third-order valence-corrected chi connectivity index (χ3v) is 11.8. The van der Waals surface area contributed by atoms with Gasteiger partial charge in [0.05, 0.1) is 11.1 Å². The summed E-state index contributed by atoms with van der Waals surface area (Å²) in [6.07, 6.45) is 5.85. The second-order valence-corrected chi connectivity index (χ2v) is 14.5. The fraction of sp³-hybridized carbons (Fsp3) is 0.318. The highest BCUT2D eigenvalue weighted by Gasteiger charge is 2.51. The number of hydrogen-bond donors (Lipinski definition) is 0. The molecule has 2 aliphatic carbocycles. The summed E-state index contributed by atoms with van der Waals surface area (Å²) in [6, 6.07) is 43.2. The lowest BCUT2D eigenvalue weighted by molar-refractivity contribution is -0.123. The van der Waals surface area contributed by atoms with E-state index in [1.807, 2.05) is 23.9 Å². The monoisotopic (exact) mass is 632 g/mol. The molecule has 0 saturated heterocycles. The number of likely N-dealkylation sites (N-methyl/N-ethyl adjacent to an activating group) is 2. The molecular weight excluding hydrogens is 588 g/mol. The zero-order valence-electron chi connectivity index (χ0n) is 28.0. The molecule has 4 nitrogen and oxygen atoms in total. The minimum Gasteiger partial charge on any atom is -0.314 e. The van der Waals surface area contributed by atoms with Gasteiger partial charge in [-0.3, -0.25) is 9.59 Å². The number of fused-ring (bicyclic) bond motifs is 1. The van der Waals surface area contributed by atoms with Crippen LogP contribution in [0, 0.1) is 11.8 Å². The van der Waals surface area contributed by atoms with Crippen molar-refractivity contribution < 1.29 is 9.59 Å². The second-order valence-electron chi connectivity index (χ2n) is 14.5. The molecule has 4 aliphatic rings. The Bertz CT molecular complexity index is 1630. The number of carbonyl (C=O) groups is 2. The average molecular weight is 633 g/mol. The molecule has 0 spiro atoms. The minimum atomic E-state index is -0.0103. The van der Waals surface area contributed by atoms with Crippen molar-refractivity contribution in [3.8, 4) is 0 Å². The van der Waals surface area contributed by atoms with Crippen molar-refractivity contribution in [2.75, 3.05) is 14.1 Å². The van der Waals surface area contributed by atoms with Crippen LogP contribution in [0.15, 0.2) is 144 Å². The first-order chi connectivity index (χ1) is 23.5. The third-order valence-electron chi connectivity index (χ3n) is 11.8. The van der Waals surface area contributed by atoms with Gasteiger partial charge in [-0.1, -0.05) is 121 Å². The van der Waals surface area contributed by atoms with Gasteiger partial charge >= 0.3 is 0 Å². The first-order valence-electron chi connectivity index (χ1n) is 17.7. The molecule has 0 aromatic heterocycles. The van der Waals surface area contributed by atoms with Crippen molar-refractivity contribution in [1.82, 2.24) is 9.80 Å². The zero-order chi connectivity index (χ0) is 32.8. The van der Waals surface area contributed by atoms with Crippen LogP contribution in [0.2, 0.25) is 0 Å². The van der Waals surface area contributed by atoms with E-state index in [1.165, 1.54) is 22.3 Å². The van der Waals surface area contributed by atoms with E-state index in [4.69, 9.17) is 0 Å². The maximum atomic E-state index is 14.4. The third kappa shape index (κ3) is 5.41. The average Bonchev–Trinajstić information content (AvgIpc) is 3.56. The number of carbonyl (C=O) groups excluding carboxylic acids is 2. The number of benzene rings is 4. The van der Waals surface area contributed by atoms with E-state index in [0.29, 0.717) is 34.8 Å². The molecule has 2 saturated carbocycles. The first kappa shape index (κ1) is 30.6. The lowest BCUT2D eigenvalue weighted by Crippen LogP contribution is -2.34. The van der Waals surface area contributed by atoms with Crippen LogP contribution in [0.5, 0.6) is 0 Å². The van der Waals surface area contributed by atoms with Gasteiger partial charge in [0, 0.05) is 37.3 Å². The maximum absolute atomic E-state index is 14.4. The van der Waals surface area contributed by atoms with Crippen LogP contribution in [0.3, 0.4) is 0 Å². The fourth-order valence-corrected chi connectivity index (χ4v) is 9.61. The highest BCUT2D eigenvalue weighted by molar-refractivity contribution is 6.19. The van der Waals surface area contributed by atoms with Crippen molar-refractivity contribution in [2.45, 2.75) is 62.2 Å². The number of nitrogens with zero attached hydrogens (tertiary/aromatic N) is 2. The van der Waals surface area contributed by atoms with E-state index in [1.54, 1.807) is 0 Å². The smallest absolute Gasteiger partial charge is 0.260 e. The van der Waals surface area contributed by atoms with Crippen LogP contribution >= 0.6 is 0 Å². The molecular formula is C44H44N2O2. The Kier molecular flexibility index (Phi) is 8.12. The quantitative estimate of drug-likeness (QED) is 0.213. The molecule has 0 radical (unpaired) electrons. The zero-order valence-corrected chi connectivity index (χ0v) is 28.0. The number of rotatable bonds is 6. The van der Waals surface area contributed by atoms with E-state index in [0.717, 1.165) is 49.9 Å². The van der Waals surface area contributed by atoms with Gasteiger partial charge in [-0.05, 0) is 84.5 Å². The SMILES string of the molecule is CN1C(=O)C2=C(C3CC(c4ccccc4)CC(c4ccccc4)C3)N(C)C(=O)C2=C1C1CC(c2ccccc2)CC(c2ccccc2)C1. The Morgan fingerprint density at radius 1 is 0.375 bits per heavy atom. The Morgan fingerprint density at radius 2 is 0.604 bits per heavy atom. The van der Waals surface area contributed by atoms with Crippen molar-refractivity contribution >= 4 is 11.8 Å². The Balaban J connectivity index is 1.21. The van der Waals surface area contributed by atoms with Gasteiger partial charge in [0.2, 0.25) is 0 Å². The topological polar surface area (TPSA) is 40.6 Å². The molecule has 48 heavy (non-hydrogen) atoms. The van der Waals surface area contributed by atoms with Crippen LogP contribution in [-0.2, 0) is 9.59 Å². The van der Waals surface area contributed by atoms with Crippen molar-refractivity contribution in [3.05, 3.63) is 166 Å². The molecule has 242 valence electrons. The van der Waals surface area contributed by atoms with Gasteiger partial charge in [0.1, 0.15) is 0 Å². The highest BCUT2D eigenvalue weighted by atomic mass is 16.2. The van der Waals surface area contributed by atoms with Crippen LogP contribution in [0.1, 0.15) is 84.5 Å². The van der Waals surface area contributed by atoms with Gasteiger partial charge in [0.15, 0.2) is 0 Å². The van der Waals surface area contributed by atoms with Crippen LogP contribution < -0.4 is 0 Å². The predicted molar refractivity (Wildman–Crippen MR) is 191 cm³/mol. The molecule has 0 N–H and O–H groups in total. The summed E-state index contributed by atoms with van der Waals surface area (Å²) >= 11 is 0. The molecule has 4 unspecified atom stereocenters. The van der Waals surface area contributed by atoms with E-state index in [9.17, 15) is 9.59 Å². The largest absolute Gasteiger partial charge is 0.314 e. The summed E-state index contributed by atoms with van der Waals surface area (Å²) in [6.45, 7) is 0. The maximum Gasteiger partial charge on any atom is 0.260 e. The Morgan fingerprint density at radius 3 is 0.854 bits per heavy atom. The summed E-state index contributed by atoms with van der Waals surface area (Å²) in [5.74, 6) is 1.60. The molecule has 0 bridgehead atoms. The summed E-state index contributed by atoms with van der Waals surface area (Å²) < 4.78 is 0. The van der Waals surface area contributed by atoms with Crippen molar-refractivity contribution in [1.29, 1.82) is 0 Å². The molecule has 2 amide bonds. The van der Waals surface area contributed by atoms with Gasteiger partial charge in [-0.15, -0.1) is 0 Å². The fourth-order valence-electron chi connectivity index (χ4n) is 9.61. The molecule has 4 aromatic rings. The molecule has 4 atom stereocenters. The van der Waals surface area contributed by atoms with Crippen LogP contribution in [-0.4, -0.2) is 35.7 Å². The van der Waals surface area contributed by atoms with Crippen LogP contribution in [0.4, 0.5) is 0 Å². The number of allylic oxidation sites excluding steroid dienone is 2. The van der Waals surface area contributed by atoms with Gasteiger partial charge < -0.3 is 9.80 Å². The lowest BCUT2D eigenvalue weighted by atomic mass is 9.68.